The Kier molecular flexibility index (Phi) is 8.32. The highest BCUT2D eigenvalue weighted by Gasteiger charge is 2.22. The van der Waals surface area contributed by atoms with E-state index in [1.54, 1.807) is 16.6 Å². The summed E-state index contributed by atoms with van der Waals surface area (Å²) in [6.07, 6.45) is 1.54. The molecule has 0 fully saturated rings. The highest BCUT2D eigenvalue weighted by molar-refractivity contribution is 5.77. The first-order chi connectivity index (χ1) is 19.5. The molecule has 0 aliphatic carbocycles. The minimum Gasteiger partial charge on any atom is -0.383 e. The smallest absolute Gasteiger partial charge is 0.333 e. The lowest BCUT2D eigenvalue weighted by Gasteiger charge is -2.24. The Labute approximate surface area is 231 Å². The van der Waals surface area contributed by atoms with Crippen LogP contribution in [0.5, 0.6) is 0 Å². The van der Waals surface area contributed by atoms with Gasteiger partial charge in [-0.1, -0.05) is 91.0 Å². The summed E-state index contributed by atoms with van der Waals surface area (Å²) < 4.78 is 9.37. The maximum atomic E-state index is 13.8. The summed E-state index contributed by atoms with van der Waals surface area (Å²) in [5.41, 5.74) is 2.20. The number of ether oxygens (including phenoxy) is 1. The number of hydrogen-bond donors (Lipinski definition) is 0. The van der Waals surface area contributed by atoms with Gasteiger partial charge in [0.15, 0.2) is 11.2 Å². The van der Waals surface area contributed by atoms with Gasteiger partial charge in [-0.15, -0.1) is 0 Å². The molecule has 9 nitrogen and oxygen atoms in total. The van der Waals surface area contributed by atoms with Crippen LogP contribution >= 0.6 is 0 Å². The molecule has 2 heterocycles. The molecule has 0 spiro atoms. The normalized spacial score (nSPS) is 11.1. The van der Waals surface area contributed by atoms with Gasteiger partial charge in [0.05, 0.1) is 19.5 Å². The molecule has 9 heteroatoms. The van der Waals surface area contributed by atoms with E-state index in [0.29, 0.717) is 26.2 Å². The molecule has 0 aliphatic heterocycles. The van der Waals surface area contributed by atoms with E-state index in [4.69, 9.17) is 4.74 Å². The van der Waals surface area contributed by atoms with Crippen LogP contribution in [0.25, 0.3) is 11.2 Å². The van der Waals surface area contributed by atoms with Crippen LogP contribution in [-0.4, -0.2) is 43.2 Å². The minimum atomic E-state index is -0.578. The van der Waals surface area contributed by atoms with Gasteiger partial charge in [0.1, 0.15) is 6.54 Å². The summed E-state index contributed by atoms with van der Waals surface area (Å²) in [4.78, 5) is 47.4. The number of fused-ring (bicyclic) bond motifs is 1. The molecule has 0 N–H and O–H groups in total. The summed E-state index contributed by atoms with van der Waals surface area (Å²) in [5, 5.41) is 0. The number of hydrogen-bond acceptors (Lipinski definition) is 5. The van der Waals surface area contributed by atoms with E-state index < -0.39 is 17.8 Å². The molecule has 0 saturated heterocycles. The topological polar surface area (TPSA) is 91.4 Å². The second kappa shape index (κ2) is 12.4. The average molecular weight is 538 g/mol. The number of nitrogens with zero attached hydrogens (tertiary/aromatic N) is 5. The molecule has 0 aliphatic rings. The highest BCUT2D eigenvalue weighted by Crippen LogP contribution is 2.13. The highest BCUT2D eigenvalue weighted by atomic mass is 16.5. The summed E-state index contributed by atoms with van der Waals surface area (Å²) in [5.74, 6) is -0.333. The summed E-state index contributed by atoms with van der Waals surface area (Å²) in [6, 6.07) is 28.8. The first-order valence-electron chi connectivity index (χ1n) is 13.1. The molecule has 0 bridgehead atoms. The van der Waals surface area contributed by atoms with Crippen molar-refractivity contribution in [2.75, 3.05) is 13.7 Å². The fraction of sp³-hybridized carbons (Fsp3) is 0.226. The van der Waals surface area contributed by atoms with E-state index in [9.17, 15) is 14.4 Å². The Balaban J connectivity index is 1.56. The van der Waals surface area contributed by atoms with Gasteiger partial charge in [-0.3, -0.25) is 14.2 Å². The van der Waals surface area contributed by atoms with Crippen molar-refractivity contribution in [2.45, 2.75) is 32.7 Å². The molecule has 1 amide bonds. The van der Waals surface area contributed by atoms with E-state index >= 15 is 0 Å². The fourth-order valence-corrected chi connectivity index (χ4v) is 4.72. The van der Waals surface area contributed by atoms with Crippen LogP contribution in [-0.2, 0) is 42.3 Å². The van der Waals surface area contributed by atoms with Crippen molar-refractivity contribution in [1.82, 2.24) is 23.6 Å². The van der Waals surface area contributed by atoms with E-state index in [1.807, 2.05) is 91.0 Å². The molecule has 5 rings (SSSR count). The van der Waals surface area contributed by atoms with Gasteiger partial charge in [-0.25, -0.2) is 14.3 Å². The zero-order chi connectivity index (χ0) is 27.9. The molecule has 3 aromatic carbocycles. The number of amides is 1. The minimum absolute atomic E-state index is 0.212. The van der Waals surface area contributed by atoms with Crippen LogP contribution in [0.4, 0.5) is 0 Å². The van der Waals surface area contributed by atoms with Crippen molar-refractivity contribution in [3.63, 3.8) is 0 Å². The maximum Gasteiger partial charge on any atom is 0.333 e. The molecular weight excluding hydrogens is 506 g/mol. The zero-order valence-corrected chi connectivity index (χ0v) is 22.3. The fourth-order valence-electron chi connectivity index (χ4n) is 4.72. The number of benzene rings is 3. The molecular formula is C31H31N5O4. The third-order valence-electron chi connectivity index (χ3n) is 6.78. The average Bonchev–Trinajstić information content (AvgIpc) is 3.41. The van der Waals surface area contributed by atoms with Crippen LogP contribution in [0.15, 0.2) is 107 Å². The van der Waals surface area contributed by atoms with Crippen LogP contribution < -0.4 is 11.2 Å². The summed E-state index contributed by atoms with van der Waals surface area (Å²) >= 11 is 0. The largest absolute Gasteiger partial charge is 0.383 e. The zero-order valence-electron chi connectivity index (χ0n) is 22.3. The second-order valence-corrected chi connectivity index (χ2v) is 9.57. The molecule has 0 radical (unpaired) electrons. The molecule has 40 heavy (non-hydrogen) atoms. The quantitative estimate of drug-likeness (QED) is 0.258. The van der Waals surface area contributed by atoms with Crippen molar-refractivity contribution in [2.24, 2.45) is 0 Å². The van der Waals surface area contributed by atoms with E-state index in [2.05, 4.69) is 4.98 Å². The lowest BCUT2D eigenvalue weighted by atomic mass is 10.1. The molecule has 0 unspecified atom stereocenters. The SMILES string of the molecule is COCCn1cnc2c1c(=O)n(CC(=O)N(Cc1ccccc1)Cc1ccccc1)c(=O)n2Cc1ccccc1. The number of carbonyl (C=O) groups is 1. The van der Waals surface area contributed by atoms with Gasteiger partial charge in [0.2, 0.25) is 5.91 Å². The van der Waals surface area contributed by atoms with Gasteiger partial charge in [0, 0.05) is 26.7 Å². The van der Waals surface area contributed by atoms with E-state index in [1.165, 1.54) is 10.9 Å². The standard InChI is InChI=1S/C31H31N5O4/c1-40-18-17-33-23-32-29-28(33)30(38)36(31(39)35(29)21-26-15-9-4-10-16-26)22-27(37)34(19-24-11-5-2-6-12-24)20-25-13-7-3-8-14-25/h2-16,23H,17-22H2,1H3. The first kappa shape index (κ1) is 26.8. The Bertz CT molecular complexity index is 1650. The predicted molar refractivity (Wildman–Crippen MR) is 153 cm³/mol. The van der Waals surface area contributed by atoms with Gasteiger partial charge < -0.3 is 14.2 Å². The van der Waals surface area contributed by atoms with Crippen molar-refractivity contribution in [3.8, 4) is 0 Å². The Morgan fingerprint density at radius 1 is 0.800 bits per heavy atom. The lowest BCUT2D eigenvalue weighted by molar-refractivity contribution is -0.133. The van der Waals surface area contributed by atoms with Crippen molar-refractivity contribution >= 4 is 17.1 Å². The van der Waals surface area contributed by atoms with Gasteiger partial charge in [-0.2, -0.15) is 0 Å². The predicted octanol–water partition coefficient (Wildman–Crippen LogP) is 3.28. The third kappa shape index (κ3) is 5.94. The number of rotatable bonds is 11. The van der Waals surface area contributed by atoms with Gasteiger partial charge >= 0.3 is 5.69 Å². The van der Waals surface area contributed by atoms with Crippen molar-refractivity contribution in [1.29, 1.82) is 0 Å². The summed E-state index contributed by atoms with van der Waals surface area (Å²) in [7, 11) is 1.58. The number of aromatic nitrogens is 4. The van der Waals surface area contributed by atoms with Crippen LogP contribution in [0.1, 0.15) is 16.7 Å². The number of methoxy groups -OCH3 is 1. The van der Waals surface area contributed by atoms with E-state index in [0.717, 1.165) is 21.3 Å². The molecule has 0 atom stereocenters. The Morgan fingerprint density at radius 3 is 1.90 bits per heavy atom. The lowest BCUT2D eigenvalue weighted by Crippen LogP contribution is -2.45. The van der Waals surface area contributed by atoms with Crippen LogP contribution in [0.2, 0.25) is 0 Å². The summed E-state index contributed by atoms with van der Waals surface area (Å²) in [6.45, 7) is 1.25. The van der Waals surface area contributed by atoms with Crippen molar-refractivity contribution in [3.05, 3.63) is 135 Å². The monoisotopic (exact) mass is 537 g/mol. The van der Waals surface area contributed by atoms with Crippen LogP contribution in [0.3, 0.4) is 0 Å². The third-order valence-corrected chi connectivity index (χ3v) is 6.78. The number of imidazole rings is 1. The van der Waals surface area contributed by atoms with Crippen molar-refractivity contribution < 1.29 is 9.53 Å². The van der Waals surface area contributed by atoms with Crippen LogP contribution in [0, 0.1) is 0 Å². The maximum absolute atomic E-state index is 13.8. The number of carbonyl (C=O) groups excluding carboxylic acids is 1. The molecule has 5 aromatic rings. The Hall–Kier alpha value is -4.76. The van der Waals surface area contributed by atoms with Gasteiger partial charge in [0.25, 0.3) is 5.56 Å². The molecule has 2 aromatic heterocycles. The van der Waals surface area contributed by atoms with Gasteiger partial charge in [-0.05, 0) is 16.7 Å². The first-order valence-corrected chi connectivity index (χ1v) is 13.1. The molecule has 204 valence electrons. The van der Waals surface area contributed by atoms with E-state index in [-0.39, 0.29) is 23.6 Å². The molecule has 0 saturated carbocycles. The second-order valence-electron chi connectivity index (χ2n) is 9.57. The Morgan fingerprint density at radius 2 is 1.35 bits per heavy atom.